The fourth-order valence-corrected chi connectivity index (χ4v) is 2.71. The first-order valence-electron chi connectivity index (χ1n) is 6.14. The third-order valence-corrected chi connectivity index (χ3v) is 3.64. The van der Waals surface area contributed by atoms with Gasteiger partial charge < -0.3 is 5.11 Å². The first-order valence-corrected chi connectivity index (χ1v) is 6.14. The minimum absolute atomic E-state index is 0.0419. The van der Waals surface area contributed by atoms with E-state index in [9.17, 15) is 9.90 Å². The highest BCUT2D eigenvalue weighted by Crippen LogP contribution is 2.36. The summed E-state index contributed by atoms with van der Waals surface area (Å²) in [6, 6.07) is 9.35. The van der Waals surface area contributed by atoms with Crippen LogP contribution < -0.4 is 0 Å². The highest BCUT2D eigenvalue weighted by Gasteiger charge is 2.36. The lowest BCUT2D eigenvalue weighted by molar-refractivity contribution is 0.0777. The van der Waals surface area contributed by atoms with Crippen molar-refractivity contribution in [1.82, 2.24) is 0 Å². The average molecular weight is 230 g/mol. The van der Waals surface area contributed by atoms with Crippen molar-refractivity contribution in [3.63, 3.8) is 0 Å². The predicted molar refractivity (Wildman–Crippen MR) is 67.8 cm³/mol. The molecule has 0 radical (unpaired) electrons. The lowest BCUT2D eigenvalue weighted by atomic mass is 9.85. The Kier molecular flexibility index (Phi) is 3.75. The molecule has 1 aliphatic carbocycles. The molecule has 0 spiro atoms. The summed E-state index contributed by atoms with van der Waals surface area (Å²) in [5.74, 6) is 0.152. The van der Waals surface area contributed by atoms with Crippen LogP contribution in [-0.4, -0.2) is 17.0 Å². The molecule has 0 saturated heterocycles. The molecule has 0 heterocycles. The van der Waals surface area contributed by atoms with Crippen molar-refractivity contribution in [2.24, 2.45) is 11.8 Å². The fourth-order valence-electron chi connectivity index (χ4n) is 2.71. The minimum Gasteiger partial charge on any atom is -0.389 e. The molecule has 0 amide bonds. The Hall–Kier alpha value is -1.41. The Morgan fingerprint density at radius 1 is 1.35 bits per heavy atom. The summed E-state index contributed by atoms with van der Waals surface area (Å²) in [6.45, 7) is 3.61. The van der Waals surface area contributed by atoms with Gasteiger partial charge in [-0.2, -0.15) is 0 Å². The Labute approximate surface area is 102 Å². The quantitative estimate of drug-likeness (QED) is 0.638. The lowest BCUT2D eigenvalue weighted by Gasteiger charge is -2.21. The molecular formula is C15H18O2. The van der Waals surface area contributed by atoms with Crippen LogP contribution in [0.25, 0.3) is 0 Å². The average Bonchev–Trinajstić information content (AvgIpc) is 2.87. The zero-order valence-electron chi connectivity index (χ0n) is 9.88. The normalized spacial score (nSPS) is 25.5. The number of ketones is 1. The number of aliphatic hydroxyl groups is 1. The van der Waals surface area contributed by atoms with Gasteiger partial charge in [-0.25, -0.2) is 0 Å². The molecule has 0 aliphatic heterocycles. The van der Waals surface area contributed by atoms with Gasteiger partial charge >= 0.3 is 0 Å². The van der Waals surface area contributed by atoms with Crippen LogP contribution in [0.4, 0.5) is 0 Å². The van der Waals surface area contributed by atoms with Gasteiger partial charge in [-0.15, -0.1) is 6.58 Å². The lowest BCUT2D eigenvalue weighted by Crippen LogP contribution is -2.27. The molecule has 3 atom stereocenters. The van der Waals surface area contributed by atoms with Crippen LogP contribution in [-0.2, 0) is 0 Å². The summed E-state index contributed by atoms with van der Waals surface area (Å²) in [5.41, 5.74) is 0.751. The van der Waals surface area contributed by atoms with Crippen LogP contribution in [0.15, 0.2) is 43.0 Å². The molecule has 90 valence electrons. The molecule has 1 saturated carbocycles. The van der Waals surface area contributed by atoms with Crippen LogP contribution >= 0.6 is 0 Å². The van der Waals surface area contributed by atoms with E-state index in [-0.39, 0.29) is 17.6 Å². The van der Waals surface area contributed by atoms with E-state index in [0.29, 0.717) is 0 Å². The summed E-state index contributed by atoms with van der Waals surface area (Å²) in [7, 11) is 0. The maximum atomic E-state index is 12.3. The van der Waals surface area contributed by atoms with E-state index < -0.39 is 6.10 Å². The third kappa shape index (κ3) is 2.47. The molecule has 1 aromatic rings. The van der Waals surface area contributed by atoms with Gasteiger partial charge in [0, 0.05) is 11.5 Å². The first-order chi connectivity index (χ1) is 8.24. The number of carbonyl (C=O) groups is 1. The predicted octanol–water partition coefficient (Wildman–Crippen LogP) is 2.83. The topological polar surface area (TPSA) is 37.3 Å². The second kappa shape index (κ2) is 5.28. The van der Waals surface area contributed by atoms with Gasteiger partial charge in [-0.3, -0.25) is 4.79 Å². The number of rotatable bonds is 4. The van der Waals surface area contributed by atoms with Gasteiger partial charge in [0.15, 0.2) is 5.78 Å². The zero-order chi connectivity index (χ0) is 12.3. The van der Waals surface area contributed by atoms with E-state index in [1.807, 2.05) is 30.3 Å². The number of carbonyl (C=O) groups excluding carboxylic acids is 1. The van der Waals surface area contributed by atoms with Crippen LogP contribution in [0.2, 0.25) is 0 Å². The van der Waals surface area contributed by atoms with Crippen molar-refractivity contribution in [3.8, 4) is 0 Å². The standard InChI is InChI=1S/C15H18O2/c1-2-14(16)12-9-6-10-13(12)15(17)11-7-4-3-5-8-11/h2-5,7-8,12-14,16H,1,6,9-10H2/t12-,13-,14-/m0/s1. The maximum Gasteiger partial charge on any atom is 0.166 e. The van der Waals surface area contributed by atoms with Crippen LogP contribution in [0.3, 0.4) is 0 Å². The van der Waals surface area contributed by atoms with Crippen LogP contribution in [0.5, 0.6) is 0 Å². The van der Waals surface area contributed by atoms with Crippen LogP contribution in [0.1, 0.15) is 29.6 Å². The highest BCUT2D eigenvalue weighted by atomic mass is 16.3. The van der Waals surface area contributed by atoms with Crippen LogP contribution in [0, 0.1) is 11.8 Å². The van der Waals surface area contributed by atoms with Crippen molar-refractivity contribution in [2.75, 3.05) is 0 Å². The summed E-state index contributed by atoms with van der Waals surface area (Å²) in [6.07, 6.45) is 3.79. The van der Waals surface area contributed by atoms with E-state index in [4.69, 9.17) is 0 Å². The Morgan fingerprint density at radius 3 is 2.71 bits per heavy atom. The molecule has 0 unspecified atom stereocenters. The van der Waals surface area contributed by atoms with E-state index in [2.05, 4.69) is 6.58 Å². The smallest absolute Gasteiger partial charge is 0.166 e. The number of Topliss-reactive ketones (excluding diaryl/α,β-unsaturated/α-hetero) is 1. The van der Waals surface area contributed by atoms with Gasteiger partial charge in [-0.1, -0.05) is 42.8 Å². The Balaban J connectivity index is 2.16. The second-order valence-corrected chi connectivity index (χ2v) is 4.66. The molecule has 1 aromatic carbocycles. The molecule has 2 rings (SSSR count). The van der Waals surface area contributed by atoms with Crippen molar-refractivity contribution >= 4 is 5.78 Å². The molecule has 2 heteroatoms. The van der Waals surface area contributed by atoms with E-state index in [0.717, 1.165) is 24.8 Å². The Morgan fingerprint density at radius 2 is 2.06 bits per heavy atom. The number of hydrogen-bond donors (Lipinski definition) is 1. The summed E-state index contributed by atoms with van der Waals surface area (Å²) in [5, 5.41) is 9.85. The molecule has 2 nitrogen and oxygen atoms in total. The minimum atomic E-state index is -0.560. The van der Waals surface area contributed by atoms with E-state index in [1.165, 1.54) is 0 Å². The first kappa shape index (κ1) is 12.1. The van der Waals surface area contributed by atoms with Gasteiger partial charge in [0.25, 0.3) is 0 Å². The summed E-state index contributed by atoms with van der Waals surface area (Å²) < 4.78 is 0. The van der Waals surface area contributed by atoms with Gasteiger partial charge in [0.1, 0.15) is 0 Å². The monoisotopic (exact) mass is 230 g/mol. The largest absolute Gasteiger partial charge is 0.389 e. The molecule has 17 heavy (non-hydrogen) atoms. The number of aliphatic hydroxyl groups excluding tert-OH is 1. The SMILES string of the molecule is C=C[C@H](O)[C@H]1CCC[C@@H]1C(=O)c1ccccc1. The van der Waals surface area contributed by atoms with Gasteiger partial charge in [0.2, 0.25) is 0 Å². The maximum absolute atomic E-state index is 12.3. The van der Waals surface area contributed by atoms with Crippen molar-refractivity contribution < 1.29 is 9.90 Å². The van der Waals surface area contributed by atoms with E-state index >= 15 is 0 Å². The zero-order valence-corrected chi connectivity index (χ0v) is 9.88. The Bertz CT molecular complexity index is 397. The van der Waals surface area contributed by atoms with Crippen molar-refractivity contribution in [2.45, 2.75) is 25.4 Å². The van der Waals surface area contributed by atoms with Gasteiger partial charge in [0.05, 0.1) is 6.10 Å². The summed E-state index contributed by atoms with van der Waals surface area (Å²) >= 11 is 0. The van der Waals surface area contributed by atoms with Gasteiger partial charge in [-0.05, 0) is 18.8 Å². The molecule has 0 bridgehead atoms. The molecule has 1 aliphatic rings. The fraction of sp³-hybridized carbons (Fsp3) is 0.400. The van der Waals surface area contributed by atoms with E-state index in [1.54, 1.807) is 6.08 Å². The van der Waals surface area contributed by atoms with Crippen molar-refractivity contribution in [3.05, 3.63) is 48.6 Å². The molecule has 1 N–H and O–H groups in total. The van der Waals surface area contributed by atoms with Crippen molar-refractivity contribution in [1.29, 1.82) is 0 Å². The molecular weight excluding hydrogens is 212 g/mol. The summed E-state index contributed by atoms with van der Waals surface area (Å²) in [4.78, 5) is 12.3. The number of benzene rings is 1. The third-order valence-electron chi connectivity index (χ3n) is 3.64. The second-order valence-electron chi connectivity index (χ2n) is 4.66. The highest BCUT2D eigenvalue weighted by molar-refractivity contribution is 5.98. The molecule has 0 aromatic heterocycles. The number of hydrogen-bond acceptors (Lipinski definition) is 2. The molecule has 1 fully saturated rings.